The minimum Gasteiger partial charge on any atom is -0.375 e. The lowest BCUT2D eigenvalue weighted by molar-refractivity contribution is 0.0187. The van der Waals surface area contributed by atoms with Gasteiger partial charge in [-0.05, 0) is 19.1 Å². The Labute approximate surface area is 128 Å². The Morgan fingerprint density at radius 3 is 2.90 bits per heavy atom. The van der Waals surface area contributed by atoms with Crippen LogP contribution >= 0.6 is 27.3 Å². The average molecular weight is 362 g/mol. The molecule has 0 spiro atoms. The summed E-state index contributed by atoms with van der Waals surface area (Å²) in [7, 11) is 0. The lowest BCUT2D eigenvalue weighted by Gasteiger charge is -2.01. The number of nitrogens with zero attached hydrogens (tertiary/aromatic N) is 1. The highest BCUT2D eigenvalue weighted by atomic mass is 79.9. The Bertz CT molecular complexity index is 574. The van der Waals surface area contributed by atoms with Crippen LogP contribution < -0.4 is 0 Å². The third-order valence-corrected chi connectivity index (χ3v) is 4.17. The minimum absolute atomic E-state index is 0.273. The van der Waals surface area contributed by atoms with Crippen molar-refractivity contribution in [3.8, 4) is 11.3 Å². The van der Waals surface area contributed by atoms with Crippen molar-refractivity contribution < 1.29 is 13.5 Å². The second-order valence-electron chi connectivity index (χ2n) is 4.24. The molecule has 1 aromatic heterocycles. The van der Waals surface area contributed by atoms with Gasteiger partial charge in [0.1, 0.15) is 6.61 Å². The molecule has 20 heavy (non-hydrogen) atoms. The van der Waals surface area contributed by atoms with Crippen molar-refractivity contribution in [3.63, 3.8) is 0 Å². The molecule has 0 bridgehead atoms. The molecule has 2 rings (SSSR count). The van der Waals surface area contributed by atoms with Crippen molar-refractivity contribution >= 4 is 27.3 Å². The SMILES string of the molecule is Cc1sc(CCOCC(F)F)nc1-c1cccc(Br)c1. The zero-order chi connectivity index (χ0) is 14.5. The maximum absolute atomic E-state index is 11.9. The van der Waals surface area contributed by atoms with Gasteiger partial charge in [-0.15, -0.1) is 11.3 Å². The highest BCUT2D eigenvalue weighted by Gasteiger charge is 2.10. The summed E-state index contributed by atoms with van der Waals surface area (Å²) >= 11 is 5.02. The number of alkyl halides is 2. The molecule has 1 aromatic carbocycles. The summed E-state index contributed by atoms with van der Waals surface area (Å²) < 4.78 is 29.8. The number of benzene rings is 1. The van der Waals surface area contributed by atoms with Gasteiger partial charge in [0.2, 0.25) is 0 Å². The molecule has 0 saturated heterocycles. The first kappa shape index (κ1) is 15.5. The van der Waals surface area contributed by atoms with Crippen molar-refractivity contribution in [2.75, 3.05) is 13.2 Å². The van der Waals surface area contributed by atoms with Crippen molar-refractivity contribution in [1.82, 2.24) is 4.98 Å². The Morgan fingerprint density at radius 1 is 1.40 bits per heavy atom. The first-order chi connectivity index (χ1) is 9.56. The summed E-state index contributed by atoms with van der Waals surface area (Å²) in [4.78, 5) is 5.69. The predicted molar refractivity (Wildman–Crippen MR) is 80.5 cm³/mol. The van der Waals surface area contributed by atoms with Crippen LogP contribution in [0.1, 0.15) is 9.88 Å². The lowest BCUT2D eigenvalue weighted by Crippen LogP contribution is -2.06. The van der Waals surface area contributed by atoms with Gasteiger partial charge in [0.05, 0.1) is 17.3 Å². The first-order valence-corrected chi connectivity index (χ1v) is 7.75. The fraction of sp³-hybridized carbons (Fsp3) is 0.357. The van der Waals surface area contributed by atoms with E-state index in [1.165, 1.54) is 0 Å². The van der Waals surface area contributed by atoms with Crippen LogP contribution in [0, 0.1) is 6.92 Å². The molecule has 0 radical (unpaired) electrons. The van der Waals surface area contributed by atoms with E-state index >= 15 is 0 Å². The monoisotopic (exact) mass is 361 g/mol. The van der Waals surface area contributed by atoms with E-state index in [-0.39, 0.29) is 6.61 Å². The molecule has 0 aliphatic heterocycles. The molecular formula is C14H14BrF2NOS. The van der Waals surface area contributed by atoms with Gasteiger partial charge in [-0.3, -0.25) is 0 Å². The molecule has 6 heteroatoms. The number of ether oxygens (including phenoxy) is 1. The fourth-order valence-electron chi connectivity index (χ4n) is 1.79. The maximum Gasteiger partial charge on any atom is 0.261 e. The van der Waals surface area contributed by atoms with Gasteiger partial charge in [-0.2, -0.15) is 0 Å². The quantitative estimate of drug-likeness (QED) is 0.695. The van der Waals surface area contributed by atoms with E-state index in [1.807, 2.05) is 31.2 Å². The molecular weight excluding hydrogens is 348 g/mol. The van der Waals surface area contributed by atoms with Gasteiger partial charge in [0.25, 0.3) is 6.43 Å². The van der Waals surface area contributed by atoms with Gasteiger partial charge in [0, 0.05) is 21.3 Å². The number of aromatic nitrogens is 1. The van der Waals surface area contributed by atoms with Crippen molar-refractivity contribution in [2.24, 2.45) is 0 Å². The van der Waals surface area contributed by atoms with Crippen molar-refractivity contribution in [3.05, 3.63) is 38.6 Å². The highest BCUT2D eigenvalue weighted by Crippen LogP contribution is 2.29. The maximum atomic E-state index is 11.9. The van der Waals surface area contributed by atoms with Crippen molar-refractivity contribution in [1.29, 1.82) is 0 Å². The third kappa shape index (κ3) is 4.33. The van der Waals surface area contributed by atoms with Crippen LogP contribution in [-0.4, -0.2) is 24.6 Å². The standard InChI is InChI=1S/C14H14BrF2NOS/c1-9-14(10-3-2-4-11(15)7-10)18-13(20-9)5-6-19-8-12(16)17/h2-4,7,12H,5-6,8H2,1H3. The number of halogens is 3. The normalized spacial score (nSPS) is 11.2. The zero-order valence-electron chi connectivity index (χ0n) is 10.9. The summed E-state index contributed by atoms with van der Waals surface area (Å²) in [6.45, 7) is 1.77. The first-order valence-electron chi connectivity index (χ1n) is 6.14. The molecule has 0 unspecified atom stereocenters. The van der Waals surface area contributed by atoms with Gasteiger partial charge >= 0.3 is 0 Å². The number of hydrogen-bond donors (Lipinski definition) is 0. The molecule has 0 atom stereocenters. The van der Waals surface area contributed by atoms with E-state index in [0.29, 0.717) is 6.42 Å². The van der Waals surface area contributed by atoms with Crippen LogP contribution in [0.15, 0.2) is 28.7 Å². The van der Waals surface area contributed by atoms with E-state index < -0.39 is 13.0 Å². The highest BCUT2D eigenvalue weighted by molar-refractivity contribution is 9.10. The summed E-state index contributed by atoms with van der Waals surface area (Å²) in [6.07, 6.45) is -1.85. The molecule has 0 saturated carbocycles. The molecule has 0 aliphatic carbocycles. The smallest absolute Gasteiger partial charge is 0.261 e. The van der Waals surface area contributed by atoms with E-state index in [9.17, 15) is 8.78 Å². The average Bonchev–Trinajstić information content (AvgIpc) is 2.76. The summed E-state index contributed by atoms with van der Waals surface area (Å²) in [5.74, 6) is 0. The Morgan fingerprint density at radius 2 is 2.20 bits per heavy atom. The number of aryl methyl sites for hydroxylation is 1. The molecule has 0 amide bonds. The zero-order valence-corrected chi connectivity index (χ0v) is 13.3. The minimum atomic E-state index is -2.41. The van der Waals surface area contributed by atoms with E-state index in [2.05, 4.69) is 20.9 Å². The third-order valence-electron chi connectivity index (χ3n) is 2.64. The fourth-order valence-corrected chi connectivity index (χ4v) is 3.13. The summed E-state index contributed by atoms with van der Waals surface area (Å²) in [5.41, 5.74) is 1.99. The van der Waals surface area contributed by atoms with Gasteiger partial charge in [-0.1, -0.05) is 28.1 Å². The van der Waals surface area contributed by atoms with E-state index in [1.54, 1.807) is 11.3 Å². The van der Waals surface area contributed by atoms with Crippen LogP contribution in [0.3, 0.4) is 0 Å². The van der Waals surface area contributed by atoms with E-state index in [0.717, 1.165) is 25.6 Å². The topological polar surface area (TPSA) is 22.1 Å². The number of thiazole rings is 1. The van der Waals surface area contributed by atoms with Crippen LogP contribution in [-0.2, 0) is 11.2 Å². The van der Waals surface area contributed by atoms with E-state index in [4.69, 9.17) is 4.74 Å². The largest absolute Gasteiger partial charge is 0.375 e. The summed E-state index contributed by atoms with van der Waals surface area (Å²) in [6, 6.07) is 7.94. The molecule has 108 valence electrons. The molecule has 2 nitrogen and oxygen atoms in total. The Balaban J connectivity index is 2.02. The molecule has 0 aliphatic rings. The Hall–Kier alpha value is -0.850. The van der Waals surface area contributed by atoms with Crippen LogP contribution in [0.25, 0.3) is 11.3 Å². The predicted octanol–water partition coefficient (Wildman–Crippen LogP) is 4.71. The molecule has 0 N–H and O–H groups in total. The lowest BCUT2D eigenvalue weighted by atomic mass is 10.1. The van der Waals surface area contributed by atoms with Crippen LogP contribution in [0.5, 0.6) is 0 Å². The summed E-state index contributed by atoms with van der Waals surface area (Å²) in [5, 5.41) is 0.909. The second-order valence-corrected chi connectivity index (χ2v) is 6.44. The molecule has 1 heterocycles. The molecule has 0 fully saturated rings. The van der Waals surface area contributed by atoms with Crippen LogP contribution in [0.2, 0.25) is 0 Å². The van der Waals surface area contributed by atoms with Gasteiger partial charge < -0.3 is 4.74 Å². The molecule has 2 aromatic rings. The second kappa shape index (κ2) is 7.24. The number of hydrogen-bond acceptors (Lipinski definition) is 3. The van der Waals surface area contributed by atoms with Gasteiger partial charge in [-0.25, -0.2) is 13.8 Å². The van der Waals surface area contributed by atoms with Crippen LogP contribution in [0.4, 0.5) is 8.78 Å². The number of rotatable bonds is 6. The Kier molecular flexibility index (Phi) is 5.63. The van der Waals surface area contributed by atoms with Crippen molar-refractivity contribution in [2.45, 2.75) is 19.8 Å². The van der Waals surface area contributed by atoms with Gasteiger partial charge in [0.15, 0.2) is 0 Å².